The van der Waals surface area contributed by atoms with Gasteiger partial charge in [-0.3, -0.25) is 0 Å². The van der Waals surface area contributed by atoms with Gasteiger partial charge in [0.05, 0.1) is 0 Å². The first-order valence-corrected chi connectivity index (χ1v) is 8.19. The Balaban J connectivity index is 2.12. The van der Waals surface area contributed by atoms with Gasteiger partial charge in [-0.25, -0.2) is 4.79 Å². The highest BCUT2D eigenvalue weighted by Crippen LogP contribution is 2.23. The van der Waals surface area contributed by atoms with E-state index in [0.717, 1.165) is 9.13 Å². The van der Waals surface area contributed by atoms with Crippen LogP contribution in [0.15, 0.2) is 47.4 Å². The summed E-state index contributed by atoms with van der Waals surface area (Å²) in [5.74, 6) is -0.580. The zero-order chi connectivity index (χ0) is 14.5. The van der Waals surface area contributed by atoms with Crippen LogP contribution in [-0.4, -0.2) is 17.3 Å². The van der Waals surface area contributed by atoms with Gasteiger partial charge in [0.15, 0.2) is 0 Å². The van der Waals surface area contributed by atoms with Gasteiger partial charge in [-0.2, -0.15) is 0 Å². The van der Waals surface area contributed by atoms with Crippen LogP contribution in [-0.2, 0) is 6.61 Å². The SMILES string of the molecule is CSc1ccc(COc2ccc(I)cc2C(=O)O)cc1. The minimum atomic E-state index is -0.976. The second kappa shape index (κ2) is 6.99. The van der Waals surface area contributed by atoms with E-state index in [9.17, 15) is 4.79 Å². The summed E-state index contributed by atoms with van der Waals surface area (Å²) in [6, 6.07) is 13.2. The molecule has 2 aromatic carbocycles. The van der Waals surface area contributed by atoms with Crippen LogP contribution in [0.4, 0.5) is 0 Å². The van der Waals surface area contributed by atoms with Gasteiger partial charge in [0.1, 0.15) is 17.9 Å². The van der Waals surface area contributed by atoms with E-state index in [4.69, 9.17) is 9.84 Å². The smallest absolute Gasteiger partial charge is 0.339 e. The fraction of sp³-hybridized carbons (Fsp3) is 0.133. The lowest BCUT2D eigenvalue weighted by molar-refractivity contribution is 0.0691. The largest absolute Gasteiger partial charge is 0.488 e. The molecule has 0 aromatic heterocycles. The molecule has 0 fully saturated rings. The van der Waals surface area contributed by atoms with Crippen LogP contribution in [0.5, 0.6) is 5.75 Å². The fourth-order valence-electron chi connectivity index (χ4n) is 1.68. The molecule has 0 spiro atoms. The molecular formula is C15H13IO3S. The predicted molar refractivity (Wildman–Crippen MR) is 88.7 cm³/mol. The molecular weight excluding hydrogens is 387 g/mol. The van der Waals surface area contributed by atoms with Crippen molar-refractivity contribution in [2.24, 2.45) is 0 Å². The number of carboxylic acid groups (broad SMARTS) is 1. The average Bonchev–Trinajstić information content (AvgIpc) is 2.46. The zero-order valence-electron chi connectivity index (χ0n) is 10.8. The van der Waals surface area contributed by atoms with Crippen LogP contribution in [0.1, 0.15) is 15.9 Å². The Morgan fingerprint density at radius 2 is 1.95 bits per heavy atom. The third-order valence-corrected chi connectivity index (χ3v) is 4.14. The van der Waals surface area contributed by atoms with E-state index >= 15 is 0 Å². The molecule has 0 unspecified atom stereocenters. The molecule has 0 aliphatic carbocycles. The molecule has 0 atom stereocenters. The van der Waals surface area contributed by atoms with Crippen molar-refractivity contribution in [1.29, 1.82) is 0 Å². The van der Waals surface area contributed by atoms with E-state index in [2.05, 4.69) is 22.6 Å². The number of halogens is 1. The maximum Gasteiger partial charge on any atom is 0.339 e. The van der Waals surface area contributed by atoms with Crippen molar-refractivity contribution >= 4 is 40.3 Å². The van der Waals surface area contributed by atoms with Crippen molar-refractivity contribution in [3.8, 4) is 5.75 Å². The van der Waals surface area contributed by atoms with Crippen LogP contribution in [0, 0.1) is 3.57 Å². The molecule has 0 aliphatic rings. The maximum atomic E-state index is 11.2. The Morgan fingerprint density at radius 1 is 1.25 bits per heavy atom. The van der Waals surface area contributed by atoms with Crippen molar-refractivity contribution in [3.63, 3.8) is 0 Å². The molecule has 2 rings (SSSR count). The van der Waals surface area contributed by atoms with Gasteiger partial charge in [-0.05, 0) is 64.7 Å². The highest BCUT2D eigenvalue weighted by Gasteiger charge is 2.11. The molecule has 1 N–H and O–H groups in total. The van der Waals surface area contributed by atoms with E-state index in [1.54, 1.807) is 23.9 Å². The number of aromatic carboxylic acids is 1. The number of hydrogen-bond donors (Lipinski definition) is 1. The third-order valence-electron chi connectivity index (χ3n) is 2.73. The van der Waals surface area contributed by atoms with Crippen LogP contribution in [0.25, 0.3) is 0 Å². The number of carbonyl (C=O) groups is 1. The van der Waals surface area contributed by atoms with Crippen LogP contribution in [0.2, 0.25) is 0 Å². The van der Waals surface area contributed by atoms with Crippen molar-refractivity contribution in [1.82, 2.24) is 0 Å². The number of thioether (sulfide) groups is 1. The molecule has 104 valence electrons. The summed E-state index contributed by atoms with van der Waals surface area (Å²) in [4.78, 5) is 12.4. The Bertz CT molecular complexity index is 611. The number of carboxylic acids is 1. The second-order valence-corrected chi connectivity index (χ2v) is 6.21. The van der Waals surface area contributed by atoms with Gasteiger partial charge in [0.2, 0.25) is 0 Å². The van der Waals surface area contributed by atoms with Gasteiger partial charge in [-0.15, -0.1) is 11.8 Å². The van der Waals surface area contributed by atoms with Gasteiger partial charge < -0.3 is 9.84 Å². The molecule has 0 bridgehead atoms. The van der Waals surface area contributed by atoms with Gasteiger partial charge in [-0.1, -0.05) is 12.1 Å². The van der Waals surface area contributed by atoms with E-state index in [1.807, 2.05) is 36.6 Å². The monoisotopic (exact) mass is 400 g/mol. The average molecular weight is 400 g/mol. The first kappa shape index (κ1) is 15.2. The normalized spacial score (nSPS) is 10.3. The van der Waals surface area contributed by atoms with Crippen LogP contribution in [0.3, 0.4) is 0 Å². The molecule has 0 heterocycles. The van der Waals surface area contributed by atoms with E-state index in [0.29, 0.717) is 12.4 Å². The molecule has 0 saturated carbocycles. The Kier molecular flexibility index (Phi) is 5.31. The molecule has 0 amide bonds. The minimum Gasteiger partial charge on any atom is -0.488 e. The molecule has 0 saturated heterocycles. The van der Waals surface area contributed by atoms with Crippen molar-refractivity contribution in [2.45, 2.75) is 11.5 Å². The zero-order valence-corrected chi connectivity index (χ0v) is 13.8. The number of benzene rings is 2. The minimum absolute atomic E-state index is 0.192. The molecule has 3 nitrogen and oxygen atoms in total. The third kappa shape index (κ3) is 3.89. The highest BCUT2D eigenvalue weighted by molar-refractivity contribution is 14.1. The van der Waals surface area contributed by atoms with Crippen LogP contribution >= 0.6 is 34.4 Å². The quantitative estimate of drug-likeness (QED) is 0.601. The summed E-state index contributed by atoms with van der Waals surface area (Å²) in [7, 11) is 0. The van der Waals surface area contributed by atoms with Gasteiger partial charge in [0.25, 0.3) is 0 Å². The number of hydrogen-bond acceptors (Lipinski definition) is 3. The predicted octanol–water partition coefficient (Wildman–Crippen LogP) is 4.29. The molecule has 20 heavy (non-hydrogen) atoms. The summed E-state index contributed by atoms with van der Waals surface area (Å²) in [5.41, 5.74) is 1.20. The van der Waals surface area contributed by atoms with Crippen LogP contribution < -0.4 is 4.74 Å². The lowest BCUT2D eigenvalue weighted by Gasteiger charge is -2.10. The van der Waals surface area contributed by atoms with Crippen molar-refractivity contribution < 1.29 is 14.6 Å². The highest BCUT2D eigenvalue weighted by atomic mass is 127. The molecule has 0 radical (unpaired) electrons. The molecule has 2 aromatic rings. The summed E-state index contributed by atoms with van der Waals surface area (Å²) < 4.78 is 6.49. The Morgan fingerprint density at radius 3 is 2.55 bits per heavy atom. The first-order valence-electron chi connectivity index (χ1n) is 5.88. The summed E-state index contributed by atoms with van der Waals surface area (Å²) in [6.45, 7) is 0.357. The lowest BCUT2D eigenvalue weighted by atomic mass is 10.2. The van der Waals surface area contributed by atoms with E-state index in [-0.39, 0.29) is 5.56 Å². The van der Waals surface area contributed by atoms with Crippen molar-refractivity contribution in [2.75, 3.05) is 6.26 Å². The maximum absolute atomic E-state index is 11.2. The topological polar surface area (TPSA) is 46.5 Å². The second-order valence-electron chi connectivity index (χ2n) is 4.08. The van der Waals surface area contributed by atoms with E-state index in [1.165, 1.54) is 4.90 Å². The number of ether oxygens (including phenoxy) is 1. The van der Waals surface area contributed by atoms with Gasteiger partial charge in [0, 0.05) is 8.47 Å². The van der Waals surface area contributed by atoms with E-state index < -0.39 is 5.97 Å². The molecule has 0 aliphatic heterocycles. The Labute approximate surface area is 135 Å². The summed E-state index contributed by atoms with van der Waals surface area (Å²) >= 11 is 3.76. The van der Waals surface area contributed by atoms with Crippen molar-refractivity contribution in [3.05, 3.63) is 57.2 Å². The number of rotatable bonds is 5. The fourth-order valence-corrected chi connectivity index (χ4v) is 2.58. The molecule has 5 heteroatoms. The Hall–Kier alpha value is -1.21. The standard InChI is InChI=1S/C15H13IO3S/c1-20-12-5-2-10(3-6-12)9-19-14-7-4-11(16)8-13(14)15(17)18/h2-8H,9H2,1H3,(H,17,18). The lowest BCUT2D eigenvalue weighted by Crippen LogP contribution is -2.03. The summed E-state index contributed by atoms with van der Waals surface area (Å²) in [6.07, 6.45) is 2.02. The van der Waals surface area contributed by atoms with Gasteiger partial charge >= 0.3 is 5.97 Å². The first-order chi connectivity index (χ1) is 9.60. The summed E-state index contributed by atoms with van der Waals surface area (Å²) in [5, 5.41) is 9.17.